The first kappa shape index (κ1) is 18.9. The van der Waals surface area contributed by atoms with Crippen molar-refractivity contribution >= 4 is 22.2 Å². The summed E-state index contributed by atoms with van der Waals surface area (Å²) in [5.74, 6) is 0.648. The smallest absolute Gasteiger partial charge is 0.137 e. The summed E-state index contributed by atoms with van der Waals surface area (Å²) >= 11 is 1.67. The molecule has 0 bridgehead atoms. The Kier molecular flexibility index (Phi) is 4.99. The highest BCUT2D eigenvalue weighted by Gasteiger charge is 2.18. The van der Waals surface area contributed by atoms with Crippen molar-refractivity contribution in [3.05, 3.63) is 59.2 Å². The summed E-state index contributed by atoms with van der Waals surface area (Å²) in [7, 11) is 0. The molecule has 2 aromatic carbocycles. The van der Waals surface area contributed by atoms with Crippen LogP contribution in [0.5, 0.6) is 5.75 Å². The number of hydrogen-bond acceptors (Lipinski definition) is 5. The molecule has 3 heterocycles. The maximum atomic E-state index is 9.72. The molecule has 0 unspecified atom stereocenters. The van der Waals surface area contributed by atoms with Gasteiger partial charge in [-0.3, -0.25) is 0 Å². The summed E-state index contributed by atoms with van der Waals surface area (Å²) in [5, 5.41) is 11.9. The molecule has 5 rings (SSSR count). The Morgan fingerprint density at radius 3 is 2.83 bits per heavy atom. The third-order valence-corrected chi connectivity index (χ3v) is 6.37. The second-order valence-electron chi connectivity index (χ2n) is 7.45. The monoisotopic (exact) mass is 415 g/mol. The van der Waals surface area contributed by atoms with E-state index in [0.717, 1.165) is 50.5 Å². The fourth-order valence-electron chi connectivity index (χ4n) is 3.89. The molecule has 0 atom stereocenters. The lowest BCUT2D eigenvalue weighted by molar-refractivity contribution is 0.0254. The summed E-state index contributed by atoms with van der Waals surface area (Å²) < 4.78 is 11.5. The first-order chi connectivity index (χ1) is 14.7. The zero-order valence-electron chi connectivity index (χ0n) is 16.6. The summed E-state index contributed by atoms with van der Waals surface area (Å²) in [4.78, 5) is 8.98. The lowest BCUT2D eigenvalue weighted by Gasteiger charge is -2.24. The van der Waals surface area contributed by atoms with Gasteiger partial charge < -0.3 is 14.5 Å². The third-order valence-electron chi connectivity index (χ3n) is 5.42. The molecule has 0 amide bonds. The van der Waals surface area contributed by atoms with Gasteiger partial charge in [0.25, 0.3) is 0 Å². The summed E-state index contributed by atoms with van der Waals surface area (Å²) in [6.45, 7) is 3.43. The van der Waals surface area contributed by atoms with Gasteiger partial charge in [-0.2, -0.15) is 5.26 Å². The van der Waals surface area contributed by atoms with Crippen LogP contribution in [-0.4, -0.2) is 29.3 Å². The van der Waals surface area contributed by atoms with Crippen molar-refractivity contribution in [1.29, 1.82) is 5.26 Å². The average Bonchev–Trinajstić information content (AvgIpc) is 3.40. The Morgan fingerprint density at radius 1 is 1.20 bits per heavy atom. The number of benzene rings is 2. The van der Waals surface area contributed by atoms with Gasteiger partial charge in [0.15, 0.2) is 0 Å². The van der Waals surface area contributed by atoms with Crippen molar-refractivity contribution in [2.75, 3.05) is 13.2 Å². The van der Waals surface area contributed by atoms with E-state index >= 15 is 0 Å². The van der Waals surface area contributed by atoms with E-state index in [2.05, 4.69) is 34.2 Å². The van der Waals surface area contributed by atoms with Gasteiger partial charge in [-0.1, -0.05) is 18.2 Å². The fraction of sp³-hybridized carbons (Fsp3) is 0.250. The van der Waals surface area contributed by atoms with Crippen LogP contribution in [0.2, 0.25) is 0 Å². The van der Waals surface area contributed by atoms with Crippen molar-refractivity contribution in [2.45, 2.75) is 25.9 Å². The molecule has 1 saturated heterocycles. The van der Waals surface area contributed by atoms with Gasteiger partial charge in [0.1, 0.15) is 17.9 Å². The predicted octanol–water partition coefficient (Wildman–Crippen LogP) is 5.70. The topological polar surface area (TPSA) is 70.9 Å². The van der Waals surface area contributed by atoms with Crippen LogP contribution in [0.3, 0.4) is 0 Å². The molecule has 150 valence electrons. The van der Waals surface area contributed by atoms with Gasteiger partial charge in [0.05, 0.1) is 34.4 Å². The SMILES string of the molecule is Cc1ncc(-c2cc3c(-c4ccc(OC5CCOCC5)c(C#N)c4)cccc3[nH]2)s1. The number of rotatable bonds is 4. The lowest BCUT2D eigenvalue weighted by Crippen LogP contribution is -2.26. The summed E-state index contributed by atoms with van der Waals surface area (Å²) in [5.41, 5.74) is 4.77. The number of aromatic nitrogens is 2. The fourth-order valence-corrected chi connectivity index (χ4v) is 4.64. The van der Waals surface area contributed by atoms with Crippen LogP contribution in [0.1, 0.15) is 23.4 Å². The Balaban J connectivity index is 1.51. The molecular formula is C24H21N3O2S. The minimum absolute atomic E-state index is 0.107. The minimum atomic E-state index is 0.107. The highest BCUT2D eigenvalue weighted by Crippen LogP contribution is 2.35. The lowest BCUT2D eigenvalue weighted by atomic mass is 9.99. The van der Waals surface area contributed by atoms with Crippen molar-refractivity contribution in [3.8, 4) is 33.5 Å². The van der Waals surface area contributed by atoms with E-state index < -0.39 is 0 Å². The number of ether oxygens (including phenoxy) is 2. The molecule has 0 aliphatic carbocycles. The van der Waals surface area contributed by atoms with Gasteiger partial charge in [-0.05, 0) is 42.3 Å². The van der Waals surface area contributed by atoms with Crippen molar-refractivity contribution < 1.29 is 9.47 Å². The number of nitrogens with one attached hydrogen (secondary N) is 1. The first-order valence-corrected chi connectivity index (χ1v) is 10.9. The zero-order valence-corrected chi connectivity index (χ0v) is 17.5. The summed E-state index contributed by atoms with van der Waals surface area (Å²) in [6.07, 6.45) is 3.72. The number of aryl methyl sites for hydroxylation is 1. The normalized spacial score (nSPS) is 14.7. The van der Waals surface area contributed by atoms with Gasteiger partial charge >= 0.3 is 0 Å². The van der Waals surface area contributed by atoms with Crippen molar-refractivity contribution in [1.82, 2.24) is 9.97 Å². The van der Waals surface area contributed by atoms with Crippen LogP contribution in [0.4, 0.5) is 0 Å². The Morgan fingerprint density at radius 2 is 2.07 bits per heavy atom. The molecule has 0 saturated carbocycles. The second-order valence-corrected chi connectivity index (χ2v) is 8.68. The number of H-pyrrole nitrogens is 1. The van der Waals surface area contributed by atoms with Crippen molar-refractivity contribution in [3.63, 3.8) is 0 Å². The van der Waals surface area contributed by atoms with Crippen LogP contribution in [0, 0.1) is 18.3 Å². The maximum Gasteiger partial charge on any atom is 0.137 e. The molecule has 5 nitrogen and oxygen atoms in total. The first-order valence-electron chi connectivity index (χ1n) is 10.0. The van der Waals surface area contributed by atoms with E-state index in [0.29, 0.717) is 24.5 Å². The van der Waals surface area contributed by atoms with Gasteiger partial charge in [-0.25, -0.2) is 4.98 Å². The van der Waals surface area contributed by atoms with E-state index in [4.69, 9.17) is 9.47 Å². The molecule has 0 radical (unpaired) electrons. The van der Waals surface area contributed by atoms with Crippen molar-refractivity contribution in [2.24, 2.45) is 0 Å². The Labute approximate surface area is 178 Å². The predicted molar refractivity (Wildman–Crippen MR) is 119 cm³/mol. The number of nitriles is 1. The van der Waals surface area contributed by atoms with Crippen LogP contribution < -0.4 is 4.74 Å². The summed E-state index contributed by atoms with van der Waals surface area (Å²) in [6, 6.07) is 16.5. The second kappa shape index (κ2) is 7.94. The molecular weight excluding hydrogens is 394 g/mol. The maximum absolute atomic E-state index is 9.72. The van der Waals surface area contributed by atoms with Crippen LogP contribution in [0.15, 0.2) is 48.7 Å². The van der Waals surface area contributed by atoms with Crippen LogP contribution in [0.25, 0.3) is 32.6 Å². The van der Waals surface area contributed by atoms with E-state index in [9.17, 15) is 5.26 Å². The molecule has 30 heavy (non-hydrogen) atoms. The molecule has 1 aliphatic heterocycles. The zero-order chi connectivity index (χ0) is 20.5. The number of thiazole rings is 1. The van der Waals surface area contributed by atoms with Crippen LogP contribution in [-0.2, 0) is 4.74 Å². The van der Waals surface area contributed by atoms with E-state index in [1.807, 2.05) is 37.4 Å². The quantitative estimate of drug-likeness (QED) is 0.464. The Bertz CT molecular complexity index is 1250. The van der Waals surface area contributed by atoms with E-state index in [-0.39, 0.29) is 6.10 Å². The largest absolute Gasteiger partial charge is 0.489 e. The molecule has 4 aromatic rings. The number of nitrogens with zero attached hydrogens (tertiary/aromatic N) is 2. The standard InChI is InChI=1S/C24H21N3O2S/c1-15-26-14-24(30-15)22-12-20-19(3-2-4-21(20)27-22)16-5-6-23(17(11-16)13-25)29-18-7-9-28-10-8-18/h2-6,11-12,14,18,27H,7-10H2,1H3. The molecule has 2 aromatic heterocycles. The highest BCUT2D eigenvalue weighted by molar-refractivity contribution is 7.15. The van der Waals surface area contributed by atoms with E-state index in [1.165, 1.54) is 0 Å². The molecule has 1 fully saturated rings. The van der Waals surface area contributed by atoms with Gasteiger partial charge in [0, 0.05) is 29.9 Å². The van der Waals surface area contributed by atoms with Gasteiger partial charge in [-0.15, -0.1) is 11.3 Å². The number of aromatic amines is 1. The average molecular weight is 416 g/mol. The number of hydrogen-bond donors (Lipinski definition) is 1. The molecule has 6 heteroatoms. The molecule has 1 aliphatic rings. The molecule has 0 spiro atoms. The molecule has 1 N–H and O–H groups in total. The highest BCUT2D eigenvalue weighted by atomic mass is 32.1. The number of fused-ring (bicyclic) bond motifs is 1. The van der Waals surface area contributed by atoms with E-state index in [1.54, 1.807) is 11.3 Å². The third kappa shape index (κ3) is 3.58. The van der Waals surface area contributed by atoms with Gasteiger partial charge in [0.2, 0.25) is 0 Å². The Hall–Kier alpha value is -3.14. The van der Waals surface area contributed by atoms with Crippen LogP contribution >= 0.6 is 11.3 Å². The minimum Gasteiger partial charge on any atom is -0.489 e.